The molecule has 140 valence electrons. The molecule has 1 aromatic carbocycles. The van der Waals surface area contributed by atoms with Gasteiger partial charge in [0.15, 0.2) is 18.1 Å². The minimum absolute atomic E-state index is 0.133. The number of carbonyl (C=O) groups is 2. The molecule has 26 heavy (non-hydrogen) atoms. The number of nitrogens with zero attached hydrogens (tertiary/aromatic N) is 1. The summed E-state index contributed by atoms with van der Waals surface area (Å²) in [5.74, 6) is -0.648. The molecule has 1 saturated carbocycles. The van der Waals surface area contributed by atoms with Gasteiger partial charge in [-0.3, -0.25) is 4.79 Å². The molecule has 7 nitrogen and oxygen atoms in total. The second kappa shape index (κ2) is 8.77. The second-order valence-electron chi connectivity index (χ2n) is 6.07. The predicted octanol–water partition coefficient (Wildman–Crippen LogP) is 2.86. The lowest BCUT2D eigenvalue weighted by Crippen LogP contribution is -2.50. The van der Waals surface area contributed by atoms with Crippen LogP contribution in [0.3, 0.4) is 0 Å². The number of nitriles is 1. The monoisotopic (exact) mass is 380 g/mol. The minimum Gasteiger partial charge on any atom is -0.493 e. The zero-order valence-electron chi connectivity index (χ0n) is 14.8. The van der Waals surface area contributed by atoms with E-state index >= 15 is 0 Å². The summed E-state index contributed by atoms with van der Waals surface area (Å²) in [6, 6.07) is 4.98. The highest BCUT2D eigenvalue weighted by Gasteiger charge is 2.33. The van der Waals surface area contributed by atoms with Crippen molar-refractivity contribution in [3.05, 3.63) is 22.7 Å². The maximum Gasteiger partial charge on any atom is 0.338 e. The SMILES string of the molecule is COc1cc(C(=O)OCC(=O)NC2(C#N)CCCCC2)cc(Cl)c1OC. The average molecular weight is 381 g/mol. The van der Waals surface area contributed by atoms with Gasteiger partial charge in [0.05, 0.1) is 30.9 Å². The summed E-state index contributed by atoms with van der Waals surface area (Å²) in [4.78, 5) is 24.3. The van der Waals surface area contributed by atoms with Crippen molar-refractivity contribution in [1.29, 1.82) is 5.26 Å². The van der Waals surface area contributed by atoms with Gasteiger partial charge in [0.25, 0.3) is 5.91 Å². The van der Waals surface area contributed by atoms with Crippen molar-refractivity contribution >= 4 is 23.5 Å². The van der Waals surface area contributed by atoms with Crippen LogP contribution in [0, 0.1) is 11.3 Å². The van der Waals surface area contributed by atoms with Gasteiger partial charge in [-0.2, -0.15) is 5.26 Å². The van der Waals surface area contributed by atoms with Crippen LogP contribution in [-0.4, -0.2) is 38.2 Å². The molecule has 1 N–H and O–H groups in total. The normalized spacial score (nSPS) is 15.5. The van der Waals surface area contributed by atoms with Gasteiger partial charge in [-0.1, -0.05) is 30.9 Å². The second-order valence-corrected chi connectivity index (χ2v) is 6.48. The molecule has 1 aromatic rings. The first-order valence-electron chi connectivity index (χ1n) is 8.25. The number of amides is 1. The van der Waals surface area contributed by atoms with Crippen molar-refractivity contribution in [2.45, 2.75) is 37.6 Å². The summed E-state index contributed by atoms with van der Waals surface area (Å²) in [6.07, 6.45) is 4.03. The molecule has 0 bridgehead atoms. The summed E-state index contributed by atoms with van der Waals surface area (Å²) in [7, 11) is 2.85. The lowest BCUT2D eigenvalue weighted by Gasteiger charge is -2.31. The van der Waals surface area contributed by atoms with Gasteiger partial charge in [-0.05, 0) is 25.0 Å². The van der Waals surface area contributed by atoms with Crippen LogP contribution in [-0.2, 0) is 9.53 Å². The number of ether oxygens (including phenoxy) is 3. The molecule has 1 aliphatic rings. The van der Waals surface area contributed by atoms with Gasteiger partial charge in [0.1, 0.15) is 5.54 Å². The summed E-state index contributed by atoms with van der Waals surface area (Å²) in [6.45, 7) is -0.478. The van der Waals surface area contributed by atoms with Crippen LogP contribution in [0.5, 0.6) is 11.5 Å². The van der Waals surface area contributed by atoms with Crippen molar-refractivity contribution in [1.82, 2.24) is 5.32 Å². The lowest BCUT2D eigenvalue weighted by molar-refractivity contribution is -0.125. The maximum atomic E-state index is 12.2. The molecule has 0 spiro atoms. The quantitative estimate of drug-likeness (QED) is 0.762. The summed E-state index contributed by atoms with van der Waals surface area (Å²) < 4.78 is 15.3. The molecule has 8 heteroatoms. The van der Waals surface area contributed by atoms with Crippen LogP contribution in [0.2, 0.25) is 5.02 Å². The molecule has 0 aliphatic heterocycles. The number of benzene rings is 1. The van der Waals surface area contributed by atoms with Gasteiger partial charge in [-0.15, -0.1) is 0 Å². The minimum atomic E-state index is -0.867. The summed E-state index contributed by atoms with van der Waals surface area (Å²) in [5.41, 5.74) is -0.734. The highest BCUT2D eigenvalue weighted by molar-refractivity contribution is 6.32. The van der Waals surface area contributed by atoms with Gasteiger partial charge in [-0.25, -0.2) is 4.79 Å². The van der Waals surface area contributed by atoms with Crippen LogP contribution >= 0.6 is 11.6 Å². The van der Waals surface area contributed by atoms with Gasteiger partial charge < -0.3 is 19.5 Å². The fourth-order valence-corrected chi connectivity index (χ4v) is 3.26. The number of rotatable bonds is 6. The molecular weight excluding hydrogens is 360 g/mol. The zero-order chi connectivity index (χ0) is 19.2. The standard InChI is InChI=1S/C18H21ClN2O5/c1-24-14-9-12(8-13(19)16(14)25-2)17(23)26-10-15(22)21-18(11-20)6-4-3-5-7-18/h8-9H,3-7,10H2,1-2H3,(H,21,22). The van der Waals surface area contributed by atoms with E-state index in [9.17, 15) is 14.9 Å². The number of hydrogen-bond donors (Lipinski definition) is 1. The van der Waals surface area contributed by atoms with Crippen LogP contribution in [0.4, 0.5) is 0 Å². The first kappa shape index (κ1) is 19.9. The van der Waals surface area contributed by atoms with E-state index in [2.05, 4.69) is 11.4 Å². The third kappa shape index (κ3) is 4.58. The van der Waals surface area contributed by atoms with Crippen molar-refractivity contribution in [2.24, 2.45) is 0 Å². The molecule has 0 aromatic heterocycles. The smallest absolute Gasteiger partial charge is 0.338 e. The largest absolute Gasteiger partial charge is 0.493 e. The van der Waals surface area contributed by atoms with Crippen molar-refractivity contribution in [3.8, 4) is 17.6 Å². The van der Waals surface area contributed by atoms with Crippen molar-refractivity contribution in [3.63, 3.8) is 0 Å². The first-order valence-corrected chi connectivity index (χ1v) is 8.63. The van der Waals surface area contributed by atoms with E-state index in [4.69, 9.17) is 25.8 Å². The van der Waals surface area contributed by atoms with E-state index in [0.29, 0.717) is 18.6 Å². The third-order valence-corrected chi connectivity index (χ3v) is 4.58. The number of hydrogen-bond acceptors (Lipinski definition) is 6. The fraction of sp³-hybridized carbons (Fsp3) is 0.500. The van der Waals surface area contributed by atoms with Gasteiger partial charge in [0.2, 0.25) is 0 Å². The van der Waals surface area contributed by atoms with Crippen molar-refractivity contribution < 1.29 is 23.8 Å². The highest BCUT2D eigenvalue weighted by atomic mass is 35.5. The Hall–Kier alpha value is -2.46. The molecule has 0 radical (unpaired) electrons. The van der Waals surface area contributed by atoms with Crippen LogP contribution < -0.4 is 14.8 Å². The molecule has 1 aliphatic carbocycles. The number of halogens is 1. The van der Waals surface area contributed by atoms with Crippen LogP contribution in [0.1, 0.15) is 42.5 Å². The zero-order valence-corrected chi connectivity index (χ0v) is 15.5. The van der Waals surface area contributed by atoms with E-state index in [0.717, 1.165) is 19.3 Å². The Morgan fingerprint density at radius 2 is 1.92 bits per heavy atom. The van der Waals surface area contributed by atoms with Gasteiger partial charge in [0, 0.05) is 0 Å². The van der Waals surface area contributed by atoms with Crippen LogP contribution in [0.15, 0.2) is 12.1 Å². The Bertz CT molecular complexity index is 723. The molecule has 0 atom stereocenters. The maximum absolute atomic E-state index is 12.2. The number of nitrogens with one attached hydrogen (secondary N) is 1. The Labute approximate surface area is 157 Å². The molecule has 1 amide bonds. The summed E-state index contributed by atoms with van der Waals surface area (Å²) >= 11 is 6.06. The highest BCUT2D eigenvalue weighted by Crippen LogP contribution is 2.36. The number of carbonyl (C=O) groups excluding carboxylic acids is 2. The Balaban J connectivity index is 1.99. The first-order chi connectivity index (χ1) is 12.4. The molecule has 2 rings (SSSR count). The molecule has 0 saturated heterocycles. The Morgan fingerprint density at radius 3 is 2.50 bits per heavy atom. The lowest BCUT2D eigenvalue weighted by atomic mass is 9.83. The topological polar surface area (TPSA) is 97.6 Å². The van der Waals surface area contributed by atoms with Gasteiger partial charge >= 0.3 is 5.97 Å². The number of esters is 1. The van der Waals surface area contributed by atoms with E-state index < -0.39 is 24.0 Å². The van der Waals surface area contributed by atoms with Crippen LogP contribution in [0.25, 0.3) is 0 Å². The number of methoxy groups -OCH3 is 2. The Kier molecular flexibility index (Phi) is 6.70. The molecule has 0 heterocycles. The molecular formula is C18H21ClN2O5. The van der Waals surface area contributed by atoms with E-state index in [1.165, 1.54) is 26.4 Å². The van der Waals surface area contributed by atoms with Crippen molar-refractivity contribution in [2.75, 3.05) is 20.8 Å². The molecule has 1 fully saturated rings. The average Bonchev–Trinajstić information content (AvgIpc) is 2.66. The van der Waals surface area contributed by atoms with E-state index in [1.54, 1.807) is 0 Å². The fourth-order valence-electron chi connectivity index (χ4n) is 2.97. The summed E-state index contributed by atoms with van der Waals surface area (Å²) in [5, 5.41) is 12.3. The molecule has 0 unspecified atom stereocenters. The predicted molar refractivity (Wildman–Crippen MR) is 94.4 cm³/mol. The third-order valence-electron chi connectivity index (χ3n) is 4.30. The van der Waals surface area contributed by atoms with E-state index in [-0.39, 0.29) is 16.3 Å². The van der Waals surface area contributed by atoms with E-state index in [1.807, 2.05) is 0 Å². The Morgan fingerprint density at radius 1 is 1.23 bits per heavy atom.